The van der Waals surface area contributed by atoms with E-state index < -0.39 is 16.0 Å². The van der Waals surface area contributed by atoms with Crippen LogP contribution in [0, 0.1) is 13.8 Å². The molecule has 0 atom stereocenters. The topological polar surface area (TPSA) is 101 Å². The molecule has 0 unspecified atom stereocenters. The summed E-state index contributed by atoms with van der Waals surface area (Å²) >= 11 is 0. The third-order valence-corrected chi connectivity index (χ3v) is 4.52. The number of benzene rings is 1. The lowest BCUT2D eigenvalue weighted by atomic mass is 10.2. The highest BCUT2D eigenvalue weighted by Crippen LogP contribution is 2.22. The molecule has 1 heterocycles. The van der Waals surface area contributed by atoms with E-state index in [1.807, 2.05) is 0 Å². The van der Waals surface area contributed by atoms with Crippen LogP contribution in [0.3, 0.4) is 0 Å². The largest absolute Gasteiger partial charge is 0.478 e. The van der Waals surface area contributed by atoms with Gasteiger partial charge in [0.25, 0.3) is 10.0 Å². The lowest BCUT2D eigenvalue weighted by Crippen LogP contribution is -2.14. The zero-order valence-electron chi connectivity index (χ0n) is 11.8. The Morgan fingerprint density at radius 1 is 1.24 bits per heavy atom. The third kappa shape index (κ3) is 2.89. The molecule has 0 bridgehead atoms. The van der Waals surface area contributed by atoms with E-state index in [-0.39, 0.29) is 10.5 Å². The maximum Gasteiger partial charge on any atom is 0.335 e. The van der Waals surface area contributed by atoms with Gasteiger partial charge in [-0.1, -0.05) is 0 Å². The Balaban J connectivity index is 2.36. The summed E-state index contributed by atoms with van der Waals surface area (Å²) in [7, 11) is -2.06. The fraction of sp³-hybridized carbons (Fsp3) is 0.231. The van der Waals surface area contributed by atoms with Crippen molar-refractivity contribution in [1.29, 1.82) is 0 Å². The number of rotatable bonds is 4. The summed E-state index contributed by atoms with van der Waals surface area (Å²) in [5, 5.41) is 13.0. The highest BCUT2D eigenvalue weighted by molar-refractivity contribution is 7.92. The molecule has 0 aliphatic rings. The Bertz CT molecular complexity index is 792. The number of aryl methyl sites for hydroxylation is 2. The summed E-state index contributed by atoms with van der Waals surface area (Å²) in [4.78, 5) is 10.8. The van der Waals surface area contributed by atoms with Crippen molar-refractivity contribution in [2.75, 3.05) is 4.72 Å². The Labute approximate surface area is 122 Å². The van der Waals surface area contributed by atoms with Crippen LogP contribution in [-0.2, 0) is 17.1 Å². The lowest BCUT2D eigenvalue weighted by molar-refractivity contribution is 0.0696. The minimum atomic E-state index is -3.78. The molecule has 0 spiro atoms. The van der Waals surface area contributed by atoms with Crippen LogP contribution in [0.5, 0.6) is 0 Å². The smallest absolute Gasteiger partial charge is 0.335 e. The Morgan fingerprint density at radius 3 is 2.24 bits per heavy atom. The van der Waals surface area contributed by atoms with Gasteiger partial charge in [0.15, 0.2) is 0 Å². The summed E-state index contributed by atoms with van der Waals surface area (Å²) in [6, 6.07) is 5.01. The third-order valence-electron chi connectivity index (χ3n) is 3.16. The molecule has 1 aromatic carbocycles. The SMILES string of the molecule is Cc1nn(C)c(C)c1NS(=O)(=O)c1ccc(C(=O)O)cc1. The van der Waals surface area contributed by atoms with Crippen LogP contribution in [-0.4, -0.2) is 29.3 Å². The quantitative estimate of drug-likeness (QED) is 0.892. The number of carboxylic acids is 1. The van der Waals surface area contributed by atoms with Crippen molar-refractivity contribution >= 4 is 21.7 Å². The Morgan fingerprint density at radius 2 is 1.81 bits per heavy atom. The summed E-state index contributed by atoms with van der Waals surface area (Å²) in [5.74, 6) is -1.11. The van der Waals surface area contributed by atoms with Crippen LogP contribution < -0.4 is 4.72 Å². The van der Waals surface area contributed by atoms with E-state index in [4.69, 9.17) is 5.11 Å². The normalized spacial score (nSPS) is 11.4. The van der Waals surface area contributed by atoms with Gasteiger partial charge in [0, 0.05) is 7.05 Å². The number of anilines is 1. The lowest BCUT2D eigenvalue weighted by Gasteiger charge is -2.08. The molecule has 0 saturated carbocycles. The molecule has 2 rings (SSSR count). The van der Waals surface area contributed by atoms with Gasteiger partial charge in [0.1, 0.15) is 0 Å². The monoisotopic (exact) mass is 309 g/mol. The van der Waals surface area contributed by atoms with Crippen LogP contribution in [0.15, 0.2) is 29.2 Å². The first-order valence-corrected chi connectivity index (χ1v) is 7.57. The molecule has 2 aromatic rings. The molecule has 0 saturated heterocycles. The first-order chi connectivity index (χ1) is 9.72. The van der Waals surface area contributed by atoms with Crippen LogP contribution in [0.1, 0.15) is 21.7 Å². The second kappa shape index (κ2) is 5.21. The van der Waals surface area contributed by atoms with E-state index in [1.54, 1.807) is 25.6 Å². The van der Waals surface area contributed by atoms with Crippen molar-refractivity contribution in [3.63, 3.8) is 0 Å². The molecule has 0 fully saturated rings. The minimum Gasteiger partial charge on any atom is -0.478 e. The predicted molar refractivity (Wildman–Crippen MR) is 76.9 cm³/mol. The van der Waals surface area contributed by atoms with Gasteiger partial charge in [-0.25, -0.2) is 13.2 Å². The fourth-order valence-electron chi connectivity index (χ4n) is 1.89. The van der Waals surface area contributed by atoms with Gasteiger partial charge in [-0.15, -0.1) is 0 Å². The molecule has 0 aliphatic carbocycles. The van der Waals surface area contributed by atoms with Crippen LogP contribution in [0.25, 0.3) is 0 Å². The maximum atomic E-state index is 12.3. The molecule has 2 N–H and O–H groups in total. The number of nitrogens with one attached hydrogen (secondary N) is 1. The molecular formula is C13H15N3O4S. The van der Waals surface area contributed by atoms with E-state index in [2.05, 4.69) is 9.82 Å². The average molecular weight is 309 g/mol. The molecule has 8 heteroatoms. The van der Waals surface area contributed by atoms with Crippen LogP contribution >= 0.6 is 0 Å². The van der Waals surface area contributed by atoms with Crippen LogP contribution in [0.2, 0.25) is 0 Å². The maximum absolute atomic E-state index is 12.3. The number of aromatic carboxylic acids is 1. The van der Waals surface area contributed by atoms with Crippen molar-refractivity contribution in [2.45, 2.75) is 18.7 Å². The molecule has 112 valence electrons. The van der Waals surface area contributed by atoms with Crippen LogP contribution in [0.4, 0.5) is 5.69 Å². The first-order valence-electron chi connectivity index (χ1n) is 6.09. The number of aromatic nitrogens is 2. The molecule has 0 radical (unpaired) electrons. The molecule has 21 heavy (non-hydrogen) atoms. The molecule has 7 nitrogen and oxygen atoms in total. The second-order valence-electron chi connectivity index (χ2n) is 4.60. The van der Waals surface area contributed by atoms with Gasteiger partial charge in [-0.2, -0.15) is 5.10 Å². The zero-order chi connectivity index (χ0) is 15.8. The van der Waals surface area contributed by atoms with Gasteiger partial charge in [-0.05, 0) is 38.1 Å². The van der Waals surface area contributed by atoms with E-state index in [9.17, 15) is 13.2 Å². The van der Waals surface area contributed by atoms with Crippen molar-refractivity contribution in [2.24, 2.45) is 7.05 Å². The van der Waals surface area contributed by atoms with E-state index in [0.29, 0.717) is 17.1 Å². The number of hydrogen-bond acceptors (Lipinski definition) is 4. The highest BCUT2D eigenvalue weighted by atomic mass is 32.2. The predicted octanol–water partition coefficient (Wildman–Crippen LogP) is 1.54. The number of nitrogens with zero attached hydrogens (tertiary/aromatic N) is 2. The first kappa shape index (κ1) is 15.0. The van der Waals surface area contributed by atoms with E-state index in [1.165, 1.54) is 24.3 Å². The molecule has 0 amide bonds. The van der Waals surface area contributed by atoms with Gasteiger partial charge in [0.05, 0.1) is 27.5 Å². The highest BCUT2D eigenvalue weighted by Gasteiger charge is 2.19. The number of hydrogen-bond donors (Lipinski definition) is 2. The molecule has 1 aromatic heterocycles. The average Bonchev–Trinajstić information content (AvgIpc) is 2.65. The zero-order valence-corrected chi connectivity index (χ0v) is 12.6. The molecule has 0 aliphatic heterocycles. The van der Waals surface area contributed by atoms with Crippen molar-refractivity contribution in [1.82, 2.24) is 9.78 Å². The number of carboxylic acid groups (broad SMARTS) is 1. The molecular weight excluding hydrogens is 294 g/mol. The Hall–Kier alpha value is -2.35. The Kier molecular flexibility index (Phi) is 3.73. The number of carbonyl (C=O) groups is 1. The summed E-state index contributed by atoms with van der Waals surface area (Å²) in [6.07, 6.45) is 0. The van der Waals surface area contributed by atoms with E-state index in [0.717, 1.165) is 0 Å². The van der Waals surface area contributed by atoms with Gasteiger partial charge in [0.2, 0.25) is 0 Å². The standard InChI is InChI=1S/C13H15N3O4S/c1-8-12(9(2)16(3)14-8)15-21(19,20)11-6-4-10(5-7-11)13(17)18/h4-7,15H,1-3H3,(H,17,18). The summed E-state index contributed by atoms with van der Waals surface area (Å²) in [5.41, 5.74) is 1.72. The van der Waals surface area contributed by atoms with Gasteiger partial charge < -0.3 is 5.11 Å². The summed E-state index contributed by atoms with van der Waals surface area (Å²) in [6.45, 7) is 3.46. The summed E-state index contributed by atoms with van der Waals surface area (Å²) < 4.78 is 28.7. The van der Waals surface area contributed by atoms with E-state index >= 15 is 0 Å². The number of sulfonamides is 1. The van der Waals surface area contributed by atoms with Gasteiger partial charge in [-0.3, -0.25) is 9.40 Å². The van der Waals surface area contributed by atoms with Crippen molar-refractivity contribution in [3.05, 3.63) is 41.2 Å². The minimum absolute atomic E-state index is 0.00449. The fourth-order valence-corrected chi connectivity index (χ4v) is 3.07. The van der Waals surface area contributed by atoms with Crippen molar-refractivity contribution in [3.8, 4) is 0 Å². The van der Waals surface area contributed by atoms with Crippen molar-refractivity contribution < 1.29 is 18.3 Å². The van der Waals surface area contributed by atoms with Gasteiger partial charge >= 0.3 is 5.97 Å². The second-order valence-corrected chi connectivity index (χ2v) is 6.29.